The van der Waals surface area contributed by atoms with Crippen molar-refractivity contribution in [2.75, 3.05) is 5.75 Å². The Kier molecular flexibility index (Phi) is 5.41. The molecular weight excluding hydrogens is 314 g/mol. The van der Waals surface area contributed by atoms with Crippen LogP contribution in [0, 0.1) is 0 Å². The predicted molar refractivity (Wildman–Crippen MR) is 89.4 cm³/mol. The minimum Gasteiger partial charge on any atom is -0.480 e. The molecule has 5 nitrogen and oxygen atoms in total. The van der Waals surface area contributed by atoms with E-state index in [9.17, 15) is 14.7 Å². The second-order valence-corrected chi connectivity index (χ2v) is 6.21. The van der Waals surface area contributed by atoms with Crippen LogP contribution in [-0.2, 0) is 14.3 Å². The third-order valence-electron chi connectivity index (χ3n) is 3.46. The van der Waals surface area contributed by atoms with E-state index in [-0.39, 0.29) is 5.75 Å². The maximum Gasteiger partial charge on any atom is 0.328 e. The summed E-state index contributed by atoms with van der Waals surface area (Å²) in [6.45, 7) is 0. The van der Waals surface area contributed by atoms with Gasteiger partial charge in [-0.25, -0.2) is 4.79 Å². The van der Waals surface area contributed by atoms with Crippen molar-refractivity contribution in [3.05, 3.63) is 71.8 Å². The fraction of sp³-hybridized carbons (Fsp3) is 0.176. The Morgan fingerprint density at radius 2 is 1.39 bits per heavy atom. The van der Waals surface area contributed by atoms with Crippen LogP contribution in [0.4, 0.5) is 0 Å². The van der Waals surface area contributed by atoms with Gasteiger partial charge in [0.1, 0.15) is 6.04 Å². The van der Waals surface area contributed by atoms with E-state index in [1.54, 1.807) is 60.7 Å². The summed E-state index contributed by atoms with van der Waals surface area (Å²) in [7, 11) is 0. The third-order valence-corrected chi connectivity index (χ3v) is 5.06. The molecule has 0 amide bonds. The van der Waals surface area contributed by atoms with Crippen LogP contribution in [-0.4, -0.2) is 33.9 Å². The third kappa shape index (κ3) is 3.55. The van der Waals surface area contributed by atoms with Crippen molar-refractivity contribution >= 4 is 23.7 Å². The number of carboxylic acids is 2. The highest BCUT2D eigenvalue weighted by Crippen LogP contribution is 2.43. The molecule has 0 heterocycles. The SMILES string of the molecule is NC(CSC(C(=O)O)(c1ccccc1)c1ccccc1)C(=O)O. The fourth-order valence-corrected chi connectivity index (χ4v) is 3.57. The monoisotopic (exact) mass is 331 g/mol. The van der Waals surface area contributed by atoms with Gasteiger partial charge in [-0.15, -0.1) is 11.8 Å². The molecule has 0 aliphatic carbocycles. The van der Waals surface area contributed by atoms with Crippen molar-refractivity contribution in [2.24, 2.45) is 5.73 Å². The molecule has 23 heavy (non-hydrogen) atoms. The summed E-state index contributed by atoms with van der Waals surface area (Å²) in [4.78, 5) is 23.2. The smallest absolute Gasteiger partial charge is 0.328 e. The molecule has 0 aliphatic rings. The van der Waals surface area contributed by atoms with Gasteiger partial charge in [0.25, 0.3) is 0 Å². The molecule has 2 aromatic carbocycles. The number of aliphatic carboxylic acids is 2. The maximum atomic E-state index is 12.2. The minimum atomic E-state index is -1.41. The fourth-order valence-electron chi connectivity index (χ4n) is 2.27. The zero-order chi connectivity index (χ0) is 16.9. The lowest BCUT2D eigenvalue weighted by Crippen LogP contribution is -2.39. The van der Waals surface area contributed by atoms with Crippen LogP contribution < -0.4 is 5.73 Å². The number of hydrogen-bond donors (Lipinski definition) is 3. The molecule has 0 spiro atoms. The summed E-state index contributed by atoms with van der Waals surface area (Å²) in [6.07, 6.45) is 0. The Hall–Kier alpha value is -2.31. The van der Waals surface area contributed by atoms with E-state index in [2.05, 4.69) is 0 Å². The summed E-state index contributed by atoms with van der Waals surface area (Å²) in [5.41, 5.74) is 6.71. The summed E-state index contributed by atoms with van der Waals surface area (Å²) < 4.78 is -1.41. The van der Waals surface area contributed by atoms with Crippen LogP contribution >= 0.6 is 11.8 Å². The lowest BCUT2D eigenvalue weighted by Gasteiger charge is -2.30. The average molecular weight is 331 g/mol. The first-order chi connectivity index (χ1) is 11.0. The van der Waals surface area contributed by atoms with Gasteiger partial charge in [-0.3, -0.25) is 4.79 Å². The van der Waals surface area contributed by atoms with Crippen LogP contribution in [0.5, 0.6) is 0 Å². The van der Waals surface area contributed by atoms with Crippen LogP contribution in [0.1, 0.15) is 11.1 Å². The van der Waals surface area contributed by atoms with Crippen LogP contribution in [0.15, 0.2) is 60.7 Å². The Balaban J connectivity index is 2.52. The quantitative estimate of drug-likeness (QED) is 0.719. The zero-order valence-electron chi connectivity index (χ0n) is 12.3. The van der Waals surface area contributed by atoms with Gasteiger partial charge in [-0.2, -0.15) is 0 Å². The minimum absolute atomic E-state index is 0.0224. The van der Waals surface area contributed by atoms with E-state index in [1.165, 1.54) is 0 Å². The molecule has 6 heteroatoms. The van der Waals surface area contributed by atoms with Crippen molar-refractivity contribution in [2.45, 2.75) is 10.8 Å². The Morgan fingerprint density at radius 1 is 0.957 bits per heavy atom. The first-order valence-corrected chi connectivity index (χ1v) is 7.94. The van der Waals surface area contributed by atoms with E-state index in [4.69, 9.17) is 10.8 Å². The molecule has 4 N–H and O–H groups in total. The highest BCUT2D eigenvalue weighted by molar-refractivity contribution is 8.01. The average Bonchev–Trinajstić information content (AvgIpc) is 2.56. The lowest BCUT2D eigenvalue weighted by molar-refractivity contribution is -0.139. The second kappa shape index (κ2) is 7.30. The van der Waals surface area contributed by atoms with Gasteiger partial charge in [0.2, 0.25) is 0 Å². The van der Waals surface area contributed by atoms with Crippen molar-refractivity contribution in [3.8, 4) is 0 Å². The summed E-state index contributed by atoms with van der Waals surface area (Å²) in [5.74, 6) is -2.23. The first kappa shape index (κ1) is 17.1. The van der Waals surface area contributed by atoms with Gasteiger partial charge in [-0.05, 0) is 11.1 Å². The molecule has 0 aliphatic heterocycles. The molecule has 1 unspecified atom stereocenters. The van der Waals surface area contributed by atoms with Gasteiger partial charge in [0, 0.05) is 5.75 Å². The summed E-state index contributed by atoms with van der Waals surface area (Å²) in [6, 6.07) is 16.4. The van der Waals surface area contributed by atoms with Crippen LogP contribution in [0.25, 0.3) is 0 Å². The van der Waals surface area contributed by atoms with Gasteiger partial charge >= 0.3 is 11.9 Å². The van der Waals surface area contributed by atoms with E-state index in [0.717, 1.165) is 11.8 Å². The van der Waals surface area contributed by atoms with Crippen molar-refractivity contribution in [1.82, 2.24) is 0 Å². The normalized spacial score (nSPS) is 12.6. The molecule has 0 bridgehead atoms. The maximum absolute atomic E-state index is 12.2. The number of carboxylic acid groups (broad SMARTS) is 2. The largest absolute Gasteiger partial charge is 0.480 e. The molecule has 2 rings (SSSR count). The summed E-state index contributed by atoms with van der Waals surface area (Å²) >= 11 is 1.01. The Bertz CT molecular complexity index is 636. The number of hydrogen-bond acceptors (Lipinski definition) is 4. The van der Waals surface area contributed by atoms with Crippen LogP contribution in [0.3, 0.4) is 0 Å². The molecule has 0 saturated heterocycles. The molecule has 1 atom stereocenters. The van der Waals surface area contributed by atoms with E-state index in [1.807, 2.05) is 0 Å². The van der Waals surface area contributed by atoms with Crippen molar-refractivity contribution in [3.63, 3.8) is 0 Å². The van der Waals surface area contributed by atoms with Crippen molar-refractivity contribution < 1.29 is 19.8 Å². The molecule has 0 fully saturated rings. The van der Waals surface area contributed by atoms with Gasteiger partial charge < -0.3 is 15.9 Å². The highest BCUT2D eigenvalue weighted by atomic mass is 32.2. The van der Waals surface area contributed by atoms with Crippen molar-refractivity contribution in [1.29, 1.82) is 0 Å². The number of carbonyl (C=O) groups is 2. The van der Waals surface area contributed by atoms with E-state index >= 15 is 0 Å². The molecular formula is C17H17NO4S. The molecule has 120 valence electrons. The topological polar surface area (TPSA) is 101 Å². The second-order valence-electron chi connectivity index (χ2n) is 4.97. The van der Waals surface area contributed by atoms with Gasteiger partial charge in [-0.1, -0.05) is 60.7 Å². The lowest BCUT2D eigenvalue weighted by atomic mass is 9.90. The van der Waals surface area contributed by atoms with E-state index < -0.39 is 22.7 Å². The van der Waals surface area contributed by atoms with E-state index in [0.29, 0.717) is 11.1 Å². The standard InChI is InChI=1S/C17H17NO4S/c18-14(15(19)20)11-23-17(16(21)22,12-7-3-1-4-8-12)13-9-5-2-6-10-13/h1-10,14H,11,18H2,(H,19,20)(H,21,22). The predicted octanol–water partition coefficient (Wildman–Crippen LogP) is 2.16. The van der Waals surface area contributed by atoms with Gasteiger partial charge in [0.15, 0.2) is 4.75 Å². The number of thioether (sulfide) groups is 1. The highest BCUT2D eigenvalue weighted by Gasteiger charge is 2.43. The Morgan fingerprint density at radius 3 is 1.74 bits per heavy atom. The number of rotatable bonds is 7. The zero-order valence-corrected chi connectivity index (χ0v) is 13.1. The molecule has 0 saturated carbocycles. The Labute approximate surface area is 138 Å². The van der Waals surface area contributed by atoms with Gasteiger partial charge in [0.05, 0.1) is 0 Å². The summed E-state index contributed by atoms with van der Waals surface area (Å²) in [5, 5.41) is 18.9. The molecule has 0 radical (unpaired) electrons. The first-order valence-electron chi connectivity index (χ1n) is 6.95. The molecule has 0 aromatic heterocycles. The number of nitrogens with two attached hydrogens (primary N) is 1. The number of benzene rings is 2. The van der Waals surface area contributed by atoms with Crippen LogP contribution in [0.2, 0.25) is 0 Å². The molecule has 2 aromatic rings.